The van der Waals surface area contributed by atoms with Crippen molar-refractivity contribution in [2.75, 3.05) is 18.6 Å². The minimum absolute atomic E-state index is 0.0199. The molecular formula is C18H16Cl2N2O6S2. The molecule has 1 amide bonds. The van der Waals surface area contributed by atoms with Crippen LogP contribution in [0.15, 0.2) is 30.3 Å². The Balaban J connectivity index is 2.05. The van der Waals surface area contributed by atoms with Crippen LogP contribution in [0.25, 0.3) is 0 Å². The number of amides is 1. The molecule has 0 radical (unpaired) electrons. The number of Topliss-reactive ketones (excluding diaryl/α,β-unsaturated/α-hetero) is 1. The Morgan fingerprint density at radius 2 is 2.00 bits per heavy atom. The molecule has 0 bridgehead atoms. The van der Waals surface area contributed by atoms with Crippen LogP contribution in [0.4, 0.5) is 5.69 Å². The molecule has 1 heterocycles. The van der Waals surface area contributed by atoms with Crippen molar-refractivity contribution in [3.05, 3.63) is 60.2 Å². The molecular weight excluding hydrogens is 475 g/mol. The van der Waals surface area contributed by atoms with Crippen molar-refractivity contribution in [3.8, 4) is 0 Å². The summed E-state index contributed by atoms with van der Waals surface area (Å²) in [6, 6.07) is 5.48. The molecule has 2 aromatic rings. The largest absolute Gasteiger partial charge is 0.456 e. The number of non-ortho nitro benzene ring substituents is 1. The second-order valence-corrected chi connectivity index (χ2v) is 8.97. The summed E-state index contributed by atoms with van der Waals surface area (Å²) >= 11 is 14.3. The summed E-state index contributed by atoms with van der Waals surface area (Å²) in [6.07, 6.45) is 2.09. The number of carbonyl (C=O) groups excluding carboxylic acids is 3. The molecule has 160 valence electrons. The summed E-state index contributed by atoms with van der Waals surface area (Å²) in [5, 5.41) is 13.2. The Bertz CT molecular complexity index is 966. The number of hydrogen-bond donors (Lipinski definition) is 1. The van der Waals surface area contributed by atoms with Crippen molar-refractivity contribution < 1.29 is 24.0 Å². The number of nitro benzene ring substituents is 1. The number of rotatable bonds is 10. The number of nitro groups is 1. The fourth-order valence-corrected chi connectivity index (χ4v) is 3.99. The molecule has 1 aromatic carbocycles. The minimum Gasteiger partial charge on any atom is -0.456 e. The molecule has 30 heavy (non-hydrogen) atoms. The average molecular weight is 491 g/mol. The summed E-state index contributed by atoms with van der Waals surface area (Å²) < 4.78 is 5.51. The van der Waals surface area contributed by atoms with Gasteiger partial charge in [0.1, 0.15) is 6.04 Å². The monoisotopic (exact) mass is 490 g/mol. The van der Waals surface area contributed by atoms with E-state index in [0.29, 0.717) is 15.0 Å². The van der Waals surface area contributed by atoms with E-state index in [-0.39, 0.29) is 22.7 Å². The van der Waals surface area contributed by atoms with Gasteiger partial charge in [-0.15, -0.1) is 11.3 Å². The van der Waals surface area contributed by atoms with Crippen molar-refractivity contribution in [1.82, 2.24) is 5.32 Å². The highest BCUT2D eigenvalue weighted by Crippen LogP contribution is 2.23. The third kappa shape index (κ3) is 6.69. The number of hydrogen-bond acceptors (Lipinski definition) is 8. The number of thiophene rings is 1. The molecule has 0 fully saturated rings. The number of benzene rings is 1. The molecule has 0 aliphatic carbocycles. The summed E-state index contributed by atoms with van der Waals surface area (Å²) in [7, 11) is 0. The zero-order valence-electron chi connectivity index (χ0n) is 15.6. The number of halogens is 2. The molecule has 1 N–H and O–H groups in total. The second-order valence-electron chi connectivity index (χ2n) is 5.86. The van der Waals surface area contributed by atoms with Gasteiger partial charge in [-0.3, -0.25) is 19.7 Å². The van der Waals surface area contributed by atoms with Crippen molar-refractivity contribution in [3.63, 3.8) is 0 Å². The van der Waals surface area contributed by atoms with Crippen LogP contribution in [0.5, 0.6) is 0 Å². The predicted octanol–water partition coefficient (Wildman–Crippen LogP) is 4.24. The maximum atomic E-state index is 12.5. The molecule has 12 heteroatoms. The lowest BCUT2D eigenvalue weighted by atomic mass is 10.1. The molecule has 0 saturated carbocycles. The summed E-state index contributed by atoms with van der Waals surface area (Å²) in [5.41, 5.74) is -0.282. The quantitative estimate of drug-likeness (QED) is 0.229. The van der Waals surface area contributed by atoms with Crippen LogP contribution in [0.2, 0.25) is 9.36 Å². The van der Waals surface area contributed by atoms with Crippen LogP contribution < -0.4 is 5.32 Å². The third-order valence-corrected chi connectivity index (χ3v) is 6.03. The van der Waals surface area contributed by atoms with E-state index in [1.54, 1.807) is 6.07 Å². The zero-order chi connectivity index (χ0) is 22.3. The SMILES string of the molecule is CSCCC(NC(=O)c1ccc([N+](=O)[O-])cc1Cl)C(=O)OCC(=O)c1ccc(Cl)s1. The van der Waals surface area contributed by atoms with Gasteiger partial charge in [-0.1, -0.05) is 23.2 Å². The fourth-order valence-electron chi connectivity index (χ4n) is 2.29. The maximum Gasteiger partial charge on any atom is 0.329 e. The van der Waals surface area contributed by atoms with Gasteiger partial charge in [0.2, 0.25) is 5.78 Å². The molecule has 0 aliphatic heterocycles. The first-order valence-corrected chi connectivity index (χ1v) is 11.4. The van der Waals surface area contributed by atoms with Crippen LogP contribution in [0.1, 0.15) is 26.5 Å². The van der Waals surface area contributed by atoms with Crippen LogP contribution in [0, 0.1) is 10.1 Å². The normalized spacial score (nSPS) is 11.6. The first-order chi connectivity index (χ1) is 14.2. The van der Waals surface area contributed by atoms with E-state index in [1.165, 1.54) is 23.9 Å². The van der Waals surface area contributed by atoms with Crippen molar-refractivity contribution in [2.45, 2.75) is 12.5 Å². The molecule has 0 spiro atoms. The van der Waals surface area contributed by atoms with E-state index >= 15 is 0 Å². The van der Waals surface area contributed by atoms with Gasteiger partial charge in [-0.25, -0.2) is 4.79 Å². The van der Waals surface area contributed by atoms with Crippen LogP contribution in [-0.2, 0) is 9.53 Å². The molecule has 0 saturated heterocycles. The first-order valence-electron chi connectivity index (χ1n) is 8.41. The Kier molecular flexibility index (Phi) is 9.09. The van der Waals surface area contributed by atoms with Gasteiger partial charge in [0.05, 0.1) is 24.7 Å². The molecule has 1 unspecified atom stereocenters. The van der Waals surface area contributed by atoms with E-state index < -0.39 is 35.2 Å². The number of thioether (sulfide) groups is 1. The van der Waals surface area contributed by atoms with E-state index in [4.69, 9.17) is 27.9 Å². The lowest BCUT2D eigenvalue weighted by Crippen LogP contribution is -2.42. The Labute approximate surface area is 190 Å². The molecule has 1 atom stereocenters. The van der Waals surface area contributed by atoms with Gasteiger partial charge in [-0.2, -0.15) is 11.8 Å². The van der Waals surface area contributed by atoms with E-state index in [1.807, 2.05) is 6.26 Å². The van der Waals surface area contributed by atoms with Crippen molar-refractivity contribution in [1.29, 1.82) is 0 Å². The van der Waals surface area contributed by atoms with Crippen molar-refractivity contribution in [2.24, 2.45) is 0 Å². The van der Waals surface area contributed by atoms with Crippen LogP contribution in [-0.4, -0.2) is 47.2 Å². The van der Waals surface area contributed by atoms with Gasteiger partial charge < -0.3 is 10.1 Å². The highest BCUT2D eigenvalue weighted by molar-refractivity contribution is 7.98. The van der Waals surface area contributed by atoms with E-state index in [2.05, 4.69) is 5.32 Å². The highest BCUT2D eigenvalue weighted by Gasteiger charge is 2.25. The van der Waals surface area contributed by atoms with Gasteiger partial charge >= 0.3 is 5.97 Å². The smallest absolute Gasteiger partial charge is 0.329 e. The standard InChI is InChI=1S/C18H16Cl2N2O6S2/c1-29-7-6-13(18(25)28-9-14(23)15-4-5-16(20)30-15)21-17(24)11-3-2-10(22(26)27)8-12(11)19/h2-5,8,13H,6-7,9H2,1H3,(H,21,24). The Morgan fingerprint density at radius 1 is 1.27 bits per heavy atom. The topological polar surface area (TPSA) is 116 Å². The van der Waals surface area contributed by atoms with Gasteiger partial charge in [-0.05, 0) is 36.6 Å². The molecule has 1 aromatic heterocycles. The highest BCUT2D eigenvalue weighted by atomic mass is 35.5. The summed E-state index contributed by atoms with van der Waals surface area (Å²) in [5.74, 6) is -1.32. The summed E-state index contributed by atoms with van der Waals surface area (Å²) in [6.45, 7) is -0.487. The van der Waals surface area contributed by atoms with Gasteiger partial charge in [0, 0.05) is 12.1 Å². The first kappa shape index (κ1) is 24.1. The summed E-state index contributed by atoms with van der Waals surface area (Å²) in [4.78, 5) is 47.6. The van der Waals surface area contributed by atoms with E-state index in [0.717, 1.165) is 23.5 Å². The van der Waals surface area contributed by atoms with Crippen LogP contribution in [0.3, 0.4) is 0 Å². The minimum atomic E-state index is -1.02. The maximum absolute atomic E-state index is 12.5. The lowest BCUT2D eigenvalue weighted by molar-refractivity contribution is -0.384. The van der Waals surface area contributed by atoms with E-state index in [9.17, 15) is 24.5 Å². The average Bonchev–Trinajstić information content (AvgIpc) is 3.15. The number of carbonyl (C=O) groups is 3. The second kappa shape index (κ2) is 11.3. The van der Waals surface area contributed by atoms with Crippen LogP contribution >= 0.6 is 46.3 Å². The zero-order valence-corrected chi connectivity index (χ0v) is 18.7. The molecule has 0 aliphatic rings. The third-order valence-electron chi connectivity index (χ3n) is 3.80. The predicted molar refractivity (Wildman–Crippen MR) is 117 cm³/mol. The molecule has 2 rings (SSSR count). The number of esters is 1. The van der Waals surface area contributed by atoms with Gasteiger partial charge in [0.25, 0.3) is 11.6 Å². The lowest BCUT2D eigenvalue weighted by Gasteiger charge is -2.17. The molecule has 8 nitrogen and oxygen atoms in total. The number of nitrogens with zero attached hydrogens (tertiary/aromatic N) is 1. The Hall–Kier alpha value is -2.14. The fraction of sp³-hybridized carbons (Fsp3) is 0.278. The van der Waals surface area contributed by atoms with Crippen molar-refractivity contribution >= 4 is 69.6 Å². The number of ether oxygens (including phenoxy) is 1. The number of nitrogens with one attached hydrogen (secondary N) is 1. The Morgan fingerprint density at radius 3 is 2.57 bits per heavy atom. The van der Waals surface area contributed by atoms with Gasteiger partial charge in [0.15, 0.2) is 6.61 Å². The number of ketones is 1.